The van der Waals surface area contributed by atoms with Crippen LogP contribution in [0.2, 0.25) is 0 Å². The highest BCUT2D eigenvalue weighted by atomic mass is 32.2. The van der Waals surface area contributed by atoms with Gasteiger partial charge in [-0.25, -0.2) is 8.42 Å². The minimum absolute atomic E-state index is 0.0309. The molecule has 0 N–H and O–H groups in total. The van der Waals surface area contributed by atoms with E-state index in [1.54, 1.807) is 38.1 Å². The normalized spacial score (nSPS) is 11.7. The molecule has 30 heavy (non-hydrogen) atoms. The van der Waals surface area contributed by atoms with Crippen LogP contribution in [0.15, 0.2) is 63.1 Å². The Morgan fingerprint density at radius 1 is 1.10 bits per heavy atom. The second kappa shape index (κ2) is 9.37. The number of hydrogen-bond donors (Lipinski definition) is 0. The zero-order chi connectivity index (χ0) is 21.7. The van der Waals surface area contributed by atoms with Crippen molar-refractivity contribution in [3.63, 3.8) is 0 Å². The molecule has 0 radical (unpaired) electrons. The van der Waals surface area contributed by atoms with E-state index in [1.807, 2.05) is 0 Å². The number of thioether (sulfide) groups is 1. The molecule has 0 aliphatic carbocycles. The molecule has 0 spiro atoms. The minimum Gasteiger partial charge on any atom is -0.411 e. The molecule has 2 aromatic carbocycles. The molecule has 0 saturated heterocycles. The zero-order valence-electron chi connectivity index (χ0n) is 16.4. The molecule has 158 valence electrons. The first-order valence-corrected chi connectivity index (χ1v) is 11.6. The third-order valence-corrected chi connectivity index (χ3v) is 7.28. The van der Waals surface area contributed by atoms with E-state index in [4.69, 9.17) is 4.42 Å². The molecule has 1 aromatic heterocycles. The van der Waals surface area contributed by atoms with E-state index in [0.717, 1.165) is 5.56 Å². The summed E-state index contributed by atoms with van der Waals surface area (Å²) in [4.78, 5) is 10.4. The molecule has 3 aromatic rings. The smallest absolute Gasteiger partial charge is 0.277 e. The average Bonchev–Trinajstić information content (AvgIpc) is 3.22. The number of benzene rings is 2. The van der Waals surface area contributed by atoms with Crippen molar-refractivity contribution in [3.8, 4) is 11.5 Å². The summed E-state index contributed by atoms with van der Waals surface area (Å²) in [5.74, 6) is 0.716. The van der Waals surface area contributed by atoms with Crippen molar-refractivity contribution in [1.29, 1.82) is 0 Å². The first kappa shape index (κ1) is 21.9. The first-order valence-electron chi connectivity index (χ1n) is 9.15. The van der Waals surface area contributed by atoms with Crippen molar-refractivity contribution in [1.82, 2.24) is 14.5 Å². The monoisotopic (exact) mass is 448 g/mol. The van der Waals surface area contributed by atoms with Crippen molar-refractivity contribution < 1.29 is 17.8 Å². The Labute approximate surface area is 178 Å². The molecule has 0 fully saturated rings. The van der Waals surface area contributed by atoms with Gasteiger partial charge >= 0.3 is 0 Å². The van der Waals surface area contributed by atoms with Gasteiger partial charge in [0.05, 0.1) is 9.82 Å². The number of sulfonamides is 1. The summed E-state index contributed by atoms with van der Waals surface area (Å²) in [5, 5.41) is 19.0. The highest BCUT2D eigenvalue weighted by molar-refractivity contribution is 7.98. The Hall–Kier alpha value is -2.76. The van der Waals surface area contributed by atoms with Crippen LogP contribution in [0, 0.1) is 10.1 Å². The van der Waals surface area contributed by atoms with Crippen LogP contribution in [0.25, 0.3) is 11.5 Å². The van der Waals surface area contributed by atoms with Crippen molar-refractivity contribution in [2.75, 3.05) is 13.1 Å². The van der Waals surface area contributed by atoms with Crippen LogP contribution in [0.4, 0.5) is 5.69 Å². The van der Waals surface area contributed by atoms with Gasteiger partial charge in [-0.2, -0.15) is 4.31 Å². The van der Waals surface area contributed by atoms with Crippen LogP contribution in [0.5, 0.6) is 0 Å². The number of non-ortho nitro benzene ring substituents is 1. The van der Waals surface area contributed by atoms with Gasteiger partial charge in [0.2, 0.25) is 15.9 Å². The summed E-state index contributed by atoms with van der Waals surface area (Å²) >= 11 is 1.29. The maximum atomic E-state index is 12.7. The maximum Gasteiger partial charge on any atom is 0.277 e. The zero-order valence-corrected chi connectivity index (χ0v) is 18.0. The number of nitro groups is 1. The van der Waals surface area contributed by atoms with Gasteiger partial charge in [-0.05, 0) is 23.8 Å². The predicted octanol–water partition coefficient (Wildman–Crippen LogP) is 3.97. The number of nitro benzene ring substituents is 1. The number of aromatic nitrogens is 2. The highest BCUT2D eigenvalue weighted by Crippen LogP contribution is 2.28. The minimum atomic E-state index is -3.59. The molecule has 0 unspecified atom stereocenters. The van der Waals surface area contributed by atoms with Gasteiger partial charge < -0.3 is 4.42 Å². The predicted molar refractivity (Wildman–Crippen MR) is 112 cm³/mol. The lowest BCUT2D eigenvalue weighted by Crippen LogP contribution is -2.30. The topological polar surface area (TPSA) is 119 Å². The molecule has 0 aliphatic heterocycles. The molecule has 3 rings (SSSR count). The van der Waals surface area contributed by atoms with Gasteiger partial charge in [-0.1, -0.05) is 43.8 Å². The van der Waals surface area contributed by atoms with E-state index < -0.39 is 14.9 Å². The molecule has 0 aliphatic rings. The second-order valence-electron chi connectivity index (χ2n) is 6.20. The van der Waals surface area contributed by atoms with E-state index in [-0.39, 0.29) is 16.5 Å². The molecular formula is C19H20N4O5S2. The Balaban J connectivity index is 1.74. The summed E-state index contributed by atoms with van der Waals surface area (Å²) in [7, 11) is -3.59. The standard InChI is InChI=1S/C19H20N4O5S2/c1-3-22(4-2)30(26,27)17-7-5-6-15(12-17)18-20-21-19(28-18)29-13-14-8-10-16(11-9-14)23(24)25/h5-12H,3-4,13H2,1-2H3. The van der Waals surface area contributed by atoms with Crippen molar-refractivity contribution in [2.24, 2.45) is 0 Å². The average molecular weight is 449 g/mol. The first-order chi connectivity index (χ1) is 14.3. The Bertz CT molecular complexity index is 1130. The van der Waals surface area contributed by atoms with E-state index in [1.165, 1.54) is 40.3 Å². The van der Waals surface area contributed by atoms with Crippen LogP contribution in [0.3, 0.4) is 0 Å². The fraction of sp³-hybridized carbons (Fsp3) is 0.263. The fourth-order valence-electron chi connectivity index (χ4n) is 2.75. The quantitative estimate of drug-likeness (QED) is 0.274. The molecule has 0 atom stereocenters. The Morgan fingerprint density at radius 2 is 1.80 bits per heavy atom. The van der Waals surface area contributed by atoms with Gasteiger partial charge in [0, 0.05) is 36.5 Å². The fourth-order valence-corrected chi connectivity index (χ4v) is 4.97. The lowest BCUT2D eigenvalue weighted by atomic mass is 10.2. The van der Waals surface area contributed by atoms with Crippen LogP contribution < -0.4 is 0 Å². The number of hydrogen-bond acceptors (Lipinski definition) is 8. The Kier molecular flexibility index (Phi) is 6.85. The molecule has 0 bridgehead atoms. The van der Waals surface area contributed by atoms with Gasteiger partial charge in [0.1, 0.15) is 0 Å². The third kappa shape index (κ3) is 4.86. The second-order valence-corrected chi connectivity index (χ2v) is 9.07. The lowest BCUT2D eigenvalue weighted by molar-refractivity contribution is -0.384. The van der Waals surface area contributed by atoms with Gasteiger partial charge in [-0.3, -0.25) is 10.1 Å². The van der Waals surface area contributed by atoms with Crippen LogP contribution in [-0.4, -0.2) is 40.9 Å². The van der Waals surface area contributed by atoms with Crippen molar-refractivity contribution in [3.05, 3.63) is 64.2 Å². The maximum absolute atomic E-state index is 12.7. The summed E-state index contributed by atoms with van der Waals surface area (Å²) in [6.07, 6.45) is 0. The summed E-state index contributed by atoms with van der Waals surface area (Å²) < 4.78 is 32.5. The molecule has 9 nitrogen and oxygen atoms in total. The Morgan fingerprint density at radius 3 is 2.43 bits per heavy atom. The van der Waals surface area contributed by atoms with Crippen LogP contribution in [-0.2, 0) is 15.8 Å². The molecule has 1 heterocycles. The highest BCUT2D eigenvalue weighted by Gasteiger charge is 2.22. The SMILES string of the molecule is CCN(CC)S(=O)(=O)c1cccc(-c2nnc(SCc3ccc([N+](=O)[O-])cc3)o2)c1. The number of nitrogens with zero attached hydrogens (tertiary/aromatic N) is 4. The molecule has 0 amide bonds. The lowest BCUT2D eigenvalue weighted by Gasteiger charge is -2.18. The summed E-state index contributed by atoms with van der Waals surface area (Å²) in [6.45, 7) is 4.34. The van der Waals surface area contributed by atoms with Crippen LogP contribution >= 0.6 is 11.8 Å². The molecular weight excluding hydrogens is 428 g/mol. The van der Waals surface area contributed by atoms with Gasteiger partial charge in [0.15, 0.2) is 0 Å². The summed E-state index contributed by atoms with van der Waals surface area (Å²) in [6, 6.07) is 12.6. The number of rotatable bonds is 9. The van der Waals surface area contributed by atoms with E-state index in [9.17, 15) is 18.5 Å². The molecule has 11 heteroatoms. The van der Waals surface area contributed by atoms with Crippen molar-refractivity contribution in [2.45, 2.75) is 29.7 Å². The molecule has 0 saturated carbocycles. The van der Waals surface area contributed by atoms with E-state index >= 15 is 0 Å². The largest absolute Gasteiger partial charge is 0.411 e. The third-order valence-electron chi connectivity index (χ3n) is 4.34. The van der Waals surface area contributed by atoms with Gasteiger partial charge in [0.25, 0.3) is 10.9 Å². The summed E-state index contributed by atoms with van der Waals surface area (Å²) in [5.41, 5.74) is 1.42. The van der Waals surface area contributed by atoms with E-state index in [2.05, 4.69) is 10.2 Å². The van der Waals surface area contributed by atoms with E-state index in [0.29, 0.717) is 29.6 Å². The van der Waals surface area contributed by atoms with Crippen molar-refractivity contribution >= 4 is 27.5 Å². The van der Waals surface area contributed by atoms with Gasteiger partial charge in [-0.15, -0.1) is 10.2 Å². The van der Waals surface area contributed by atoms with Crippen LogP contribution in [0.1, 0.15) is 19.4 Å².